The van der Waals surface area contributed by atoms with Crippen LogP contribution in [-0.2, 0) is 10.0 Å². The fraction of sp³-hybridized carbons (Fsp3) is 0.222. The van der Waals surface area contributed by atoms with E-state index in [0.29, 0.717) is 29.2 Å². The SMILES string of the molecule is CCN(CC)C(=O)c1ccsc1NS(=O)(=O)c1cccc2cccnc12. The van der Waals surface area contributed by atoms with Gasteiger partial charge >= 0.3 is 0 Å². The molecule has 1 amide bonds. The van der Waals surface area contributed by atoms with Gasteiger partial charge in [0.1, 0.15) is 9.90 Å². The molecule has 0 saturated heterocycles. The highest BCUT2D eigenvalue weighted by molar-refractivity contribution is 7.93. The molecule has 0 unspecified atom stereocenters. The topological polar surface area (TPSA) is 79.4 Å². The fourth-order valence-electron chi connectivity index (χ4n) is 2.71. The van der Waals surface area contributed by atoms with Crippen LogP contribution < -0.4 is 4.72 Å². The van der Waals surface area contributed by atoms with Gasteiger partial charge in [-0.1, -0.05) is 18.2 Å². The monoisotopic (exact) mass is 389 g/mol. The Kier molecular flexibility index (Phi) is 5.24. The molecule has 0 radical (unpaired) electrons. The van der Waals surface area contributed by atoms with Crippen molar-refractivity contribution in [2.24, 2.45) is 0 Å². The third-order valence-corrected chi connectivity index (χ3v) is 6.40. The van der Waals surface area contributed by atoms with Crippen molar-refractivity contribution in [2.45, 2.75) is 18.7 Å². The maximum atomic E-state index is 12.9. The molecule has 136 valence electrons. The number of hydrogen-bond acceptors (Lipinski definition) is 5. The summed E-state index contributed by atoms with van der Waals surface area (Å²) in [7, 11) is -3.88. The minimum atomic E-state index is -3.88. The van der Waals surface area contributed by atoms with E-state index in [2.05, 4.69) is 9.71 Å². The van der Waals surface area contributed by atoms with E-state index in [1.807, 2.05) is 26.0 Å². The van der Waals surface area contributed by atoms with E-state index in [1.54, 1.807) is 34.7 Å². The first kappa shape index (κ1) is 18.3. The fourth-order valence-corrected chi connectivity index (χ4v) is 5.00. The molecule has 1 aromatic carbocycles. The number of nitrogens with one attached hydrogen (secondary N) is 1. The number of pyridine rings is 1. The summed E-state index contributed by atoms with van der Waals surface area (Å²) >= 11 is 1.19. The summed E-state index contributed by atoms with van der Waals surface area (Å²) in [5, 5.41) is 2.76. The average molecular weight is 390 g/mol. The van der Waals surface area contributed by atoms with E-state index >= 15 is 0 Å². The highest BCUT2D eigenvalue weighted by atomic mass is 32.2. The van der Waals surface area contributed by atoms with Crippen LogP contribution in [0, 0.1) is 0 Å². The van der Waals surface area contributed by atoms with Gasteiger partial charge in [0.2, 0.25) is 0 Å². The second kappa shape index (κ2) is 7.43. The molecule has 6 nitrogen and oxygen atoms in total. The molecule has 0 saturated carbocycles. The highest BCUT2D eigenvalue weighted by Gasteiger charge is 2.24. The number of amides is 1. The Morgan fingerprint density at radius 1 is 1.15 bits per heavy atom. The van der Waals surface area contributed by atoms with Crippen molar-refractivity contribution in [1.82, 2.24) is 9.88 Å². The lowest BCUT2D eigenvalue weighted by atomic mass is 10.2. The molecule has 2 aromatic heterocycles. The number of carbonyl (C=O) groups is 1. The first-order valence-electron chi connectivity index (χ1n) is 8.21. The summed E-state index contributed by atoms with van der Waals surface area (Å²) < 4.78 is 28.4. The lowest BCUT2D eigenvalue weighted by Gasteiger charge is -2.19. The number of thiophene rings is 1. The van der Waals surface area contributed by atoms with Crippen LogP contribution in [0.5, 0.6) is 0 Å². The molecule has 0 bridgehead atoms. The number of para-hydroxylation sites is 1. The van der Waals surface area contributed by atoms with E-state index < -0.39 is 10.0 Å². The standard InChI is InChI=1S/C18H19N3O3S2/c1-3-21(4-2)18(22)14-10-12-25-17(14)20-26(23,24)15-9-5-7-13-8-6-11-19-16(13)15/h5-12,20H,3-4H2,1-2H3. The highest BCUT2D eigenvalue weighted by Crippen LogP contribution is 2.29. The number of carbonyl (C=O) groups excluding carboxylic acids is 1. The van der Waals surface area contributed by atoms with Crippen molar-refractivity contribution in [2.75, 3.05) is 17.8 Å². The zero-order valence-corrected chi connectivity index (χ0v) is 16.1. The Balaban J connectivity index is 1.99. The van der Waals surface area contributed by atoms with Gasteiger partial charge in [-0.05, 0) is 37.4 Å². The molecule has 26 heavy (non-hydrogen) atoms. The maximum absolute atomic E-state index is 12.9. The van der Waals surface area contributed by atoms with E-state index in [4.69, 9.17) is 0 Å². The first-order chi connectivity index (χ1) is 12.5. The van der Waals surface area contributed by atoms with Crippen LogP contribution in [0.15, 0.2) is 52.9 Å². The van der Waals surface area contributed by atoms with Gasteiger partial charge < -0.3 is 4.90 Å². The largest absolute Gasteiger partial charge is 0.339 e. The Bertz CT molecular complexity index is 1040. The molecule has 3 rings (SSSR count). The molecule has 0 atom stereocenters. The Morgan fingerprint density at radius 3 is 2.62 bits per heavy atom. The zero-order chi connectivity index (χ0) is 18.7. The Labute approximate surface area is 156 Å². The molecule has 8 heteroatoms. The van der Waals surface area contributed by atoms with Gasteiger partial charge in [0, 0.05) is 24.7 Å². The summed E-state index contributed by atoms with van der Waals surface area (Å²) in [5.74, 6) is -0.190. The first-order valence-corrected chi connectivity index (χ1v) is 10.6. The van der Waals surface area contributed by atoms with Gasteiger partial charge in [-0.25, -0.2) is 8.42 Å². The molecular weight excluding hydrogens is 370 g/mol. The van der Waals surface area contributed by atoms with Crippen LogP contribution in [0.3, 0.4) is 0 Å². The van der Waals surface area contributed by atoms with E-state index in [-0.39, 0.29) is 10.8 Å². The molecule has 3 aromatic rings. The number of anilines is 1. The molecular formula is C18H19N3O3S2. The second-order valence-corrected chi connectivity index (χ2v) is 8.14. The molecule has 0 aliphatic heterocycles. The van der Waals surface area contributed by atoms with E-state index in [9.17, 15) is 13.2 Å². The smallest absolute Gasteiger partial charge is 0.264 e. The van der Waals surface area contributed by atoms with Crippen LogP contribution in [0.2, 0.25) is 0 Å². The average Bonchev–Trinajstić information content (AvgIpc) is 3.09. The number of hydrogen-bond donors (Lipinski definition) is 1. The second-order valence-electron chi connectivity index (χ2n) is 5.58. The number of fused-ring (bicyclic) bond motifs is 1. The number of aromatic nitrogens is 1. The van der Waals surface area contributed by atoms with Crippen LogP contribution >= 0.6 is 11.3 Å². The summed E-state index contributed by atoms with van der Waals surface area (Å²) in [4.78, 5) is 18.5. The third kappa shape index (κ3) is 3.42. The van der Waals surface area contributed by atoms with Crippen molar-refractivity contribution in [3.63, 3.8) is 0 Å². The van der Waals surface area contributed by atoms with Crippen molar-refractivity contribution < 1.29 is 13.2 Å². The summed E-state index contributed by atoms with van der Waals surface area (Å²) in [5.41, 5.74) is 0.756. The van der Waals surface area contributed by atoms with Crippen LogP contribution in [-0.4, -0.2) is 37.3 Å². The summed E-state index contributed by atoms with van der Waals surface area (Å²) in [6.07, 6.45) is 1.56. The van der Waals surface area contributed by atoms with Crippen molar-refractivity contribution in [3.05, 3.63) is 53.5 Å². The van der Waals surface area contributed by atoms with Crippen LogP contribution in [0.25, 0.3) is 10.9 Å². The minimum absolute atomic E-state index is 0.0882. The normalized spacial score (nSPS) is 11.5. The predicted molar refractivity (Wildman–Crippen MR) is 104 cm³/mol. The van der Waals surface area contributed by atoms with Gasteiger partial charge in [0.25, 0.3) is 15.9 Å². The number of rotatable bonds is 6. The molecule has 0 spiro atoms. The van der Waals surface area contributed by atoms with Gasteiger partial charge in [-0.15, -0.1) is 11.3 Å². The minimum Gasteiger partial charge on any atom is -0.339 e. The van der Waals surface area contributed by atoms with Gasteiger partial charge in [0.05, 0.1) is 11.1 Å². The number of benzene rings is 1. The molecule has 2 heterocycles. The molecule has 0 aliphatic carbocycles. The van der Waals surface area contributed by atoms with Crippen molar-refractivity contribution >= 4 is 43.2 Å². The zero-order valence-electron chi connectivity index (χ0n) is 14.5. The van der Waals surface area contributed by atoms with Gasteiger partial charge in [-0.2, -0.15) is 0 Å². The molecule has 0 aliphatic rings. The summed E-state index contributed by atoms with van der Waals surface area (Å²) in [6.45, 7) is 4.90. The quantitative estimate of drug-likeness (QED) is 0.699. The maximum Gasteiger partial charge on any atom is 0.264 e. The molecule has 0 fully saturated rings. The number of sulfonamides is 1. The van der Waals surface area contributed by atoms with Crippen molar-refractivity contribution in [3.8, 4) is 0 Å². The van der Waals surface area contributed by atoms with Gasteiger partial charge in [-0.3, -0.25) is 14.5 Å². The number of nitrogens with zero attached hydrogens (tertiary/aromatic N) is 2. The third-order valence-electron chi connectivity index (χ3n) is 4.06. The predicted octanol–water partition coefficient (Wildman–Crippen LogP) is 3.58. The summed E-state index contributed by atoms with van der Waals surface area (Å²) in [6, 6.07) is 10.2. The Morgan fingerprint density at radius 2 is 1.88 bits per heavy atom. The van der Waals surface area contributed by atoms with E-state index in [0.717, 1.165) is 5.39 Å². The Hall–Kier alpha value is -2.45. The lowest BCUT2D eigenvalue weighted by Crippen LogP contribution is -2.30. The van der Waals surface area contributed by atoms with Crippen LogP contribution in [0.4, 0.5) is 5.00 Å². The van der Waals surface area contributed by atoms with Crippen LogP contribution in [0.1, 0.15) is 24.2 Å². The van der Waals surface area contributed by atoms with Gasteiger partial charge in [0.15, 0.2) is 0 Å². The lowest BCUT2D eigenvalue weighted by molar-refractivity contribution is 0.0774. The molecule has 1 N–H and O–H groups in total. The van der Waals surface area contributed by atoms with E-state index in [1.165, 1.54) is 17.4 Å². The van der Waals surface area contributed by atoms with Crippen molar-refractivity contribution in [1.29, 1.82) is 0 Å².